The van der Waals surface area contributed by atoms with Crippen molar-refractivity contribution in [2.75, 3.05) is 49.3 Å². The van der Waals surface area contributed by atoms with Gasteiger partial charge in [0.25, 0.3) is 0 Å². The van der Waals surface area contributed by atoms with E-state index in [4.69, 9.17) is 17.3 Å². The number of halogens is 3. The van der Waals surface area contributed by atoms with Crippen molar-refractivity contribution in [3.63, 3.8) is 0 Å². The molecule has 3 rings (SSSR count). The molecular weight excluding hydrogens is 502 g/mol. The SMILES string of the molecule is CC(=O)N1CCN(CCS(=O)(=O)N(Cc2ccc(C(=O)CN)cc2F)c2ccc(F)c(Cl)c2)CC1. The summed E-state index contributed by atoms with van der Waals surface area (Å²) in [6.07, 6.45) is 0. The number of hydrogen-bond acceptors (Lipinski definition) is 6. The molecule has 1 amide bonds. The Hall–Kier alpha value is -2.60. The second-order valence-corrected chi connectivity index (χ2v) is 10.6. The fourth-order valence-electron chi connectivity index (χ4n) is 3.75. The number of sulfonamides is 1. The van der Waals surface area contributed by atoms with E-state index in [1.54, 1.807) is 4.90 Å². The van der Waals surface area contributed by atoms with Crippen molar-refractivity contribution in [2.45, 2.75) is 13.5 Å². The number of carbonyl (C=O) groups is 2. The molecule has 8 nitrogen and oxygen atoms in total. The number of benzene rings is 2. The molecular formula is C23H27ClF2N4O4S. The highest BCUT2D eigenvalue weighted by Gasteiger charge is 2.27. The first-order valence-electron chi connectivity index (χ1n) is 11.0. The molecule has 0 aromatic heterocycles. The van der Waals surface area contributed by atoms with Crippen LogP contribution in [-0.4, -0.2) is 74.9 Å². The summed E-state index contributed by atoms with van der Waals surface area (Å²) in [7, 11) is -4.00. The second-order valence-electron chi connectivity index (χ2n) is 8.20. The molecule has 0 unspecified atom stereocenters. The smallest absolute Gasteiger partial charge is 0.236 e. The van der Waals surface area contributed by atoms with Crippen molar-refractivity contribution in [1.82, 2.24) is 9.80 Å². The number of hydrogen-bond donors (Lipinski definition) is 1. The number of piperazine rings is 1. The van der Waals surface area contributed by atoms with Crippen LogP contribution in [0.15, 0.2) is 36.4 Å². The van der Waals surface area contributed by atoms with Crippen molar-refractivity contribution >= 4 is 39.0 Å². The zero-order chi connectivity index (χ0) is 25.8. The van der Waals surface area contributed by atoms with Crippen LogP contribution in [0.2, 0.25) is 5.02 Å². The third-order valence-corrected chi connectivity index (χ3v) is 7.88. The molecule has 0 atom stereocenters. The van der Waals surface area contributed by atoms with Crippen molar-refractivity contribution in [2.24, 2.45) is 5.73 Å². The summed E-state index contributed by atoms with van der Waals surface area (Å²) in [5.41, 5.74) is 5.51. The number of nitrogens with zero attached hydrogens (tertiary/aromatic N) is 3. The van der Waals surface area contributed by atoms with Crippen molar-refractivity contribution in [1.29, 1.82) is 0 Å². The van der Waals surface area contributed by atoms with Crippen molar-refractivity contribution in [3.8, 4) is 0 Å². The number of ketones is 1. The molecule has 0 spiro atoms. The molecule has 1 fully saturated rings. The van der Waals surface area contributed by atoms with Gasteiger partial charge in [0.05, 0.1) is 29.6 Å². The lowest BCUT2D eigenvalue weighted by molar-refractivity contribution is -0.130. The largest absolute Gasteiger partial charge is 0.340 e. The Balaban J connectivity index is 1.84. The van der Waals surface area contributed by atoms with Gasteiger partial charge in [-0.15, -0.1) is 0 Å². The topological polar surface area (TPSA) is 104 Å². The van der Waals surface area contributed by atoms with E-state index >= 15 is 0 Å². The van der Waals surface area contributed by atoms with Crippen LogP contribution < -0.4 is 10.0 Å². The van der Waals surface area contributed by atoms with Gasteiger partial charge in [0.1, 0.15) is 11.6 Å². The third-order valence-electron chi connectivity index (χ3n) is 5.88. The van der Waals surface area contributed by atoms with Gasteiger partial charge in [-0.1, -0.05) is 23.7 Å². The average molecular weight is 529 g/mol. The highest BCUT2D eigenvalue weighted by Crippen LogP contribution is 2.27. The lowest BCUT2D eigenvalue weighted by atomic mass is 10.1. The predicted octanol–water partition coefficient (Wildman–Crippen LogP) is 2.26. The molecule has 1 aliphatic rings. The molecule has 2 N–H and O–H groups in total. The van der Waals surface area contributed by atoms with Crippen LogP contribution in [0.5, 0.6) is 0 Å². The zero-order valence-electron chi connectivity index (χ0n) is 19.2. The minimum absolute atomic E-state index is 0.0256. The predicted molar refractivity (Wildman–Crippen MR) is 130 cm³/mol. The number of carbonyl (C=O) groups excluding carboxylic acids is 2. The minimum Gasteiger partial charge on any atom is -0.340 e. The monoisotopic (exact) mass is 528 g/mol. The molecule has 0 aliphatic carbocycles. The number of amides is 1. The molecule has 12 heteroatoms. The Morgan fingerprint density at radius 1 is 1.06 bits per heavy atom. The van der Waals surface area contributed by atoms with E-state index in [2.05, 4.69) is 0 Å². The summed E-state index contributed by atoms with van der Waals surface area (Å²) in [5, 5.41) is -0.271. The highest BCUT2D eigenvalue weighted by molar-refractivity contribution is 7.92. The summed E-state index contributed by atoms with van der Waals surface area (Å²) in [4.78, 5) is 26.9. The summed E-state index contributed by atoms with van der Waals surface area (Å²) >= 11 is 5.89. The summed E-state index contributed by atoms with van der Waals surface area (Å²) in [6, 6.07) is 7.19. The molecule has 0 bridgehead atoms. The number of Topliss-reactive ketones (excluding diaryl/α,β-unsaturated/α-hetero) is 1. The average Bonchev–Trinajstić information content (AvgIpc) is 2.83. The van der Waals surface area contributed by atoms with Gasteiger partial charge in [0.15, 0.2) is 5.78 Å². The second kappa shape index (κ2) is 11.4. The summed E-state index contributed by atoms with van der Waals surface area (Å²) in [6.45, 7) is 3.09. The van der Waals surface area contributed by atoms with E-state index in [1.165, 1.54) is 31.2 Å². The lowest BCUT2D eigenvalue weighted by Crippen LogP contribution is -2.49. The highest BCUT2D eigenvalue weighted by atomic mass is 35.5. The molecule has 2 aromatic carbocycles. The molecule has 1 saturated heterocycles. The maximum absolute atomic E-state index is 14.8. The van der Waals surface area contributed by atoms with Crippen LogP contribution in [0.3, 0.4) is 0 Å². The van der Waals surface area contributed by atoms with E-state index in [-0.39, 0.29) is 53.1 Å². The standard InChI is InChI=1S/C23H27ClF2N4O4S/c1-16(31)29-8-6-28(7-9-29)10-11-35(33,34)30(19-4-5-21(25)20(24)13-19)15-18-3-2-17(12-22(18)26)23(32)14-27/h2-5,12-13H,6-11,14-15,27H2,1H3. The van der Waals surface area contributed by atoms with E-state index in [0.29, 0.717) is 26.2 Å². The Labute approximate surface area is 208 Å². The molecule has 0 radical (unpaired) electrons. The number of nitrogens with two attached hydrogens (primary N) is 1. The summed E-state index contributed by atoms with van der Waals surface area (Å²) in [5.74, 6) is -2.24. The Kier molecular flexibility index (Phi) is 8.81. The lowest BCUT2D eigenvalue weighted by Gasteiger charge is -2.34. The maximum atomic E-state index is 14.8. The fourth-order valence-corrected chi connectivity index (χ4v) is 5.41. The number of rotatable bonds is 9. The Morgan fingerprint density at radius 3 is 2.31 bits per heavy atom. The fraction of sp³-hybridized carbons (Fsp3) is 0.391. The van der Waals surface area contributed by atoms with E-state index < -0.39 is 27.4 Å². The first-order valence-corrected chi connectivity index (χ1v) is 13.0. The van der Waals surface area contributed by atoms with Crippen LogP contribution in [0.25, 0.3) is 0 Å². The minimum atomic E-state index is -4.00. The third kappa shape index (κ3) is 6.75. The molecule has 35 heavy (non-hydrogen) atoms. The van der Waals surface area contributed by atoms with Crippen LogP contribution in [-0.2, 0) is 21.4 Å². The van der Waals surface area contributed by atoms with Crippen LogP contribution >= 0.6 is 11.6 Å². The van der Waals surface area contributed by atoms with Gasteiger partial charge >= 0.3 is 0 Å². The Bertz CT molecular complexity index is 1200. The molecule has 1 aliphatic heterocycles. The van der Waals surface area contributed by atoms with E-state index in [0.717, 1.165) is 16.4 Å². The van der Waals surface area contributed by atoms with Crippen molar-refractivity contribution < 1.29 is 26.8 Å². The Morgan fingerprint density at radius 2 is 1.74 bits per heavy atom. The first-order chi connectivity index (χ1) is 16.5. The molecule has 2 aromatic rings. The van der Waals surface area contributed by atoms with Gasteiger partial charge < -0.3 is 10.6 Å². The van der Waals surface area contributed by atoms with E-state index in [1.807, 2.05) is 4.90 Å². The maximum Gasteiger partial charge on any atom is 0.236 e. The van der Waals surface area contributed by atoms with Crippen molar-refractivity contribution in [3.05, 3.63) is 64.2 Å². The van der Waals surface area contributed by atoms with Gasteiger partial charge in [-0.25, -0.2) is 17.2 Å². The van der Waals surface area contributed by atoms with Gasteiger partial charge in [0.2, 0.25) is 15.9 Å². The first kappa shape index (κ1) is 27.0. The van der Waals surface area contributed by atoms with Gasteiger partial charge in [-0.3, -0.25) is 18.8 Å². The van der Waals surface area contributed by atoms with Gasteiger partial charge in [-0.2, -0.15) is 0 Å². The molecule has 1 heterocycles. The molecule has 0 saturated carbocycles. The normalized spacial score (nSPS) is 14.7. The quantitative estimate of drug-likeness (QED) is 0.501. The summed E-state index contributed by atoms with van der Waals surface area (Å²) < 4.78 is 56.3. The number of anilines is 1. The zero-order valence-corrected chi connectivity index (χ0v) is 20.8. The molecule has 190 valence electrons. The van der Waals surface area contributed by atoms with Crippen LogP contribution in [0, 0.1) is 11.6 Å². The van der Waals surface area contributed by atoms with Crippen LogP contribution in [0.1, 0.15) is 22.8 Å². The van der Waals surface area contributed by atoms with E-state index in [9.17, 15) is 26.8 Å². The van der Waals surface area contributed by atoms with Gasteiger partial charge in [-0.05, 0) is 24.3 Å². The van der Waals surface area contributed by atoms with Crippen LogP contribution in [0.4, 0.5) is 14.5 Å². The van der Waals surface area contributed by atoms with Gasteiger partial charge in [0, 0.05) is 50.8 Å².